The van der Waals surface area contributed by atoms with Crippen LogP contribution in [0.3, 0.4) is 0 Å². The molecule has 0 aliphatic rings. The number of benzene rings is 1. The SMILES string of the molecule is CC.O=Cc1ccc2cc(C=O)sc2c1. The van der Waals surface area contributed by atoms with Gasteiger partial charge in [-0.15, -0.1) is 11.3 Å². The second-order valence-corrected chi connectivity index (χ2v) is 3.80. The van der Waals surface area contributed by atoms with E-state index in [1.165, 1.54) is 11.3 Å². The quantitative estimate of drug-likeness (QED) is 0.725. The molecule has 0 amide bonds. The minimum Gasteiger partial charge on any atom is -0.298 e. The topological polar surface area (TPSA) is 34.1 Å². The van der Waals surface area contributed by atoms with Crippen molar-refractivity contribution in [3.8, 4) is 0 Å². The first-order chi connectivity index (χ1) is 7.33. The number of fused-ring (bicyclic) bond motifs is 1. The number of hydrogen-bond donors (Lipinski definition) is 0. The van der Waals surface area contributed by atoms with Crippen LogP contribution in [0.4, 0.5) is 0 Å². The normalized spacial score (nSPS) is 9.20. The van der Waals surface area contributed by atoms with Gasteiger partial charge in [-0.3, -0.25) is 9.59 Å². The maximum atomic E-state index is 10.5. The predicted octanol–water partition coefficient (Wildman–Crippen LogP) is 3.55. The largest absolute Gasteiger partial charge is 0.298 e. The van der Waals surface area contributed by atoms with Crippen molar-refractivity contribution in [2.45, 2.75) is 13.8 Å². The van der Waals surface area contributed by atoms with Crippen LogP contribution in [0.15, 0.2) is 24.3 Å². The van der Waals surface area contributed by atoms with Gasteiger partial charge in [0.15, 0.2) is 6.29 Å². The molecule has 0 bridgehead atoms. The van der Waals surface area contributed by atoms with Gasteiger partial charge in [-0.1, -0.05) is 26.0 Å². The van der Waals surface area contributed by atoms with E-state index in [0.717, 1.165) is 22.7 Å². The highest BCUT2D eigenvalue weighted by atomic mass is 32.1. The molecule has 0 fully saturated rings. The third-order valence-electron chi connectivity index (χ3n) is 1.82. The molecule has 2 aromatic rings. The first-order valence-electron chi connectivity index (χ1n) is 4.77. The summed E-state index contributed by atoms with van der Waals surface area (Å²) in [5.41, 5.74) is 0.645. The molecule has 2 rings (SSSR count). The fourth-order valence-electron chi connectivity index (χ4n) is 1.20. The van der Waals surface area contributed by atoms with Crippen molar-refractivity contribution in [2.75, 3.05) is 0 Å². The van der Waals surface area contributed by atoms with E-state index in [2.05, 4.69) is 0 Å². The first kappa shape index (κ1) is 11.6. The molecular formula is C12H12O2S. The minimum atomic E-state index is 0.645. The molecular weight excluding hydrogens is 208 g/mol. The Balaban J connectivity index is 0.000000531. The van der Waals surface area contributed by atoms with Gasteiger partial charge in [-0.25, -0.2) is 0 Å². The van der Waals surface area contributed by atoms with Crippen LogP contribution in [-0.4, -0.2) is 12.6 Å². The third-order valence-corrected chi connectivity index (χ3v) is 2.84. The van der Waals surface area contributed by atoms with Crippen molar-refractivity contribution >= 4 is 34.0 Å². The number of rotatable bonds is 2. The Morgan fingerprint density at radius 3 is 2.40 bits per heavy atom. The predicted molar refractivity (Wildman–Crippen MR) is 63.9 cm³/mol. The summed E-state index contributed by atoms with van der Waals surface area (Å²) in [6, 6.07) is 7.21. The molecule has 1 aromatic heterocycles. The van der Waals surface area contributed by atoms with Crippen LogP contribution in [-0.2, 0) is 0 Å². The van der Waals surface area contributed by atoms with Gasteiger partial charge in [-0.2, -0.15) is 0 Å². The number of carbonyl (C=O) groups is 2. The van der Waals surface area contributed by atoms with Crippen LogP contribution in [0.25, 0.3) is 10.1 Å². The molecule has 0 aliphatic heterocycles. The van der Waals surface area contributed by atoms with Crippen LogP contribution in [0.2, 0.25) is 0 Å². The summed E-state index contributed by atoms with van der Waals surface area (Å²) in [6.45, 7) is 4.00. The Morgan fingerprint density at radius 1 is 1.07 bits per heavy atom. The standard InChI is InChI=1S/C10H6O2S.C2H6/c11-5-7-1-2-8-4-9(6-12)13-10(8)3-7;1-2/h1-6H;1-2H3. The summed E-state index contributed by atoms with van der Waals surface area (Å²) in [4.78, 5) is 21.6. The monoisotopic (exact) mass is 220 g/mol. The Kier molecular flexibility index (Phi) is 4.18. The summed E-state index contributed by atoms with van der Waals surface area (Å²) >= 11 is 1.40. The van der Waals surface area contributed by atoms with Gasteiger partial charge in [0.1, 0.15) is 6.29 Å². The zero-order chi connectivity index (χ0) is 11.3. The average molecular weight is 220 g/mol. The highest BCUT2D eigenvalue weighted by Gasteiger charge is 2.00. The zero-order valence-electron chi connectivity index (χ0n) is 8.69. The van der Waals surface area contributed by atoms with Gasteiger partial charge in [0, 0.05) is 10.3 Å². The van der Waals surface area contributed by atoms with Gasteiger partial charge in [0.2, 0.25) is 0 Å². The van der Waals surface area contributed by atoms with E-state index in [4.69, 9.17) is 0 Å². The summed E-state index contributed by atoms with van der Waals surface area (Å²) in [5.74, 6) is 0. The van der Waals surface area contributed by atoms with Crippen LogP contribution in [0.1, 0.15) is 33.9 Å². The molecule has 0 spiro atoms. The molecule has 2 nitrogen and oxygen atoms in total. The van der Waals surface area contributed by atoms with Crippen LogP contribution in [0.5, 0.6) is 0 Å². The van der Waals surface area contributed by atoms with Gasteiger partial charge in [0.25, 0.3) is 0 Å². The number of thiophene rings is 1. The summed E-state index contributed by atoms with van der Waals surface area (Å²) < 4.78 is 0.978. The van der Waals surface area contributed by atoms with E-state index in [0.29, 0.717) is 10.4 Å². The van der Waals surface area contributed by atoms with Crippen LogP contribution in [0, 0.1) is 0 Å². The molecule has 0 unspecified atom stereocenters. The molecule has 3 heteroatoms. The highest BCUT2D eigenvalue weighted by Crippen LogP contribution is 2.24. The Bertz CT molecular complexity index is 465. The highest BCUT2D eigenvalue weighted by molar-refractivity contribution is 7.20. The molecule has 15 heavy (non-hydrogen) atoms. The summed E-state index contributed by atoms with van der Waals surface area (Å²) in [6.07, 6.45) is 1.63. The van der Waals surface area contributed by atoms with Crippen LogP contribution >= 0.6 is 11.3 Å². The molecule has 1 aromatic carbocycles. The molecule has 0 radical (unpaired) electrons. The fraction of sp³-hybridized carbons (Fsp3) is 0.167. The average Bonchev–Trinajstić information content (AvgIpc) is 2.73. The van der Waals surface area contributed by atoms with Crippen LogP contribution < -0.4 is 0 Å². The van der Waals surface area contributed by atoms with Crippen molar-refractivity contribution in [3.63, 3.8) is 0 Å². The van der Waals surface area contributed by atoms with Crippen molar-refractivity contribution in [3.05, 3.63) is 34.7 Å². The molecule has 0 aliphatic carbocycles. The van der Waals surface area contributed by atoms with E-state index in [1.807, 2.05) is 26.0 Å². The van der Waals surface area contributed by atoms with Crippen molar-refractivity contribution in [1.29, 1.82) is 0 Å². The Morgan fingerprint density at radius 2 is 1.80 bits per heavy atom. The van der Waals surface area contributed by atoms with E-state index in [1.54, 1.807) is 12.1 Å². The van der Waals surface area contributed by atoms with Crippen molar-refractivity contribution < 1.29 is 9.59 Å². The van der Waals surface area contributed by atoms with Gasteiger partial charge >= 0.3 is 0 Å². The van der Waals surface area contributed by atoms with E-state index in [9.17, 15) is 9.59 Å². The lowest BCUT2D eigenvalue weighted by atomic mass is 10.2. The van der Waals surface area contributed by atoms with Gasteiger partial charge in [0.05, 0.1) is 4.88 Å². The number of aldehydes is 2. The first-order valence-corrected chi connectivity index (χ1v) is 5.59. The second-order valence-electron chi connectivity index (χ2n) is 2.68. The lowest BCUT2D eigenvalue weighted by molar-refractivity contribution is 0.111. The Labute approximate surface area is 92.5 Å². The summed E-state index contributed by atoms with van der Waals surface area (Å²) in [5, 5.41) is 1.01. The second kappa shape index (κ2) is 5.41. The zero-order valence-corrected chi connectivity index (χ0v) is 9.51. The van der Waals surface area contributed by atoms with Gasteiger partial charge in [-0.05, 0) is 17.5 Å². The molecule has 78 valence electrons. The molecule has 0 N–H and O–H groups in total. The maximum Gasteiger partial charge on any atom is 0.160 e. The minimum absolute atomic E-state index is 0.645. The van der Waals surface area contributed by atoms with Crippen molar-refractivity contribution in [1.82, 2.24) is 0 Å². The fourth-order valence-corrected chi connectivity index (χ4v) is 2.13. The molecule has 1 heterocycles. The molecule has 0 saturated heterocycles. The maximum absolute atomic E-state index is 10.5. The van der Waals surface area contributed by atoms with Gasteiger partial charge < -0.3 is 0 Å². The molecule has 0 atom stereocenters. The summed E-state index contributed by atoms with van der Waals surface area (Å²) in [7, 11) is 0. The smallest absolute Gasteiger partial charge is 0.160 e. The van der Waals surface area contributed by atoms with E-state index < -0.39 is 0 Å². The lowest BCUT2D eigenvalue weighted by Crippen LogP contribution is -1.75. The van der Waals surface area contributed by atoms with E-state index in [-0.39, 0.29) is 0 Å². The number of hydrogen-bond acceptors (Lipinski definition) is 3. The third kappa shape index (κ3) is 2.50. The Hall–Kier alpha value is -1.48. The lowest BCUT2D eigenvalue weighted by Gasteiger charge is -1.89. The van der Waals surface area contributed by atoms with Crippen molar-refractivity contribution in [2.24, 2.45) is 0 Å². The van der Waals surface area contributed by atoms with E-state index >= 15 is 0 Å². The molecule has 0 saturated carbocycles. The number of carbonyl (C=O) groups excluding carboxylic acids is 2.